The van der Waals surface area contributed by atoms with Crippen LogP contribution in [0.2, 0.25) is 0 Å². The Balaban J connectivity index is 0.000000600. The SMILES string of the molecule is CC(=O)c1ccc(C)cc1.NC(=O)CN1CCN(CC(=O)O)CCN(CC(=O)O)CCN(CC(=O)O)CC1. The van der Waals surface area contributed by atoms with E-state index in [0.29, 0.717) is 52.4 Å². The standard InChI is InChI=1S/C16H29N5O7.C9H10O/c17-13(22)9-18-1-3-19(10-14(23)24)5-7-21(12-16(27)28)8-6-20(4-2-18)11-15(25)26;1-7-3-5-9(6-4-7)8(2)10/h1-12H2,(H2,17,22)(H,23,24)(H,25,26)(H,27,28);3-6H,1-2H3. The summed E-state index contributed by atoms with van der Waals surface area (Å²) < 4.78 is 0. The molecule has 13 heteroatoms. The van der Waals surface area contributed by atoms with Gasteiger partial charge in [0.2, 0.25) is 5.91 Å². The van der Waals surface area contributed by atoms with Gasteiger partial charge in [0.05, 0.1) is 26.2 Å². The van der Waals surface area contributed by atoms with Gasteiger partial charge in [-0.1, -0.05) is 29.8 Å². The molecular weight excluding hydrogens is 498 g/mol. The fourth-order valence-corrected chi connectivity index (χ4v) is 3.79. The molecule has 13 nitrogen and oxygen atoms in total. The highest BCUT2D eigenvalue weighted by molar-refractivity contribution is 5.94. The third-order valence-electron chi connectivity index (χ3n) is 5.84. The molecule has 0 bridgehead atoms. The number of aryl methyl sites for hydroxylation is 1. The fourth-order valence-electron chi connectivity index (χ4n) is 3.79. The van der Waals surface area contributed by atoms with Crippen molar-refractivity contribution >= 4 is 29.6 Å². The summed E-state index contributed by atoms with van der Waals surface area (Å²) in [5.74, 6) is -3.39. The summed E-state index contributed by atoms with van der Waals surface area (Å²) in [4.78, 5) is 62.2. The Morgan fingerprint density at radius 1 is 0.632 bits per heavy atom. The third kappa shape index (κ3) is 15.0. The molecule has 212 valence electrons. The Hall–Kier alpha value is -3.39. The van der Waals surface area contributed by atoms with E-state index in [1.165, 1.54) is 5.56 Å². The first-order valence-electron chi connectivity index (χ1n) is 12.3. The number of carboxylic acids is 3. The molecule has 0 aliphatic carbocycles. The van der Waals surface area contributed by atoms with E-state index in [2.05, 4.69) is 0 Å². The lowest BCUT2D eigenvalue weighted by atomic mass is 10.1. The Labute approximate surface area is 222 Å². The summed E-state index contributed by atoms with van der Waals surface area (Å²) in [5, 5.41) is 27.3. The van der Waals surface area contributed by atoms with Gasteiger partial charge in [-0.05, 0) is 13.8 Å². The van der Waals surface area contributed by atoms with Crippen LogP contribution < -0.4 is 5.73 Å². The smallest absolute Gasteiger partial charge is 0.317 e. The third-order valence-corrected chi connectivity index (χ3v) is 5.84. The van der Waals surface area contributed by atoms with Gasteiger partial charge in [0.25, 0.3) is 0 Å². The molecule has 1 aromatic rings. The lowest BCUT2D eigenvalue weighted by Crippen LogP contribution is -2.49. The van der Waals surface area contributed by atoms with Crippen LogP contribution in [-0.2, 0) is 19.2 Å². The Morgan fingerprint density at radius 3 is 1.16 bits per heavy atom. The van der Waals surface area contributed by atoms with Gasteiger partial charge in [-0.15, -0.1) is 0 Å². The van der Waals surface area contributed by atoms with Crippen LogP contribution in [0.4, 0.5) is 0 Å². The average Bonchev–Trinajstić information content (AvgIpc) is 2.80. The van der Waals surface area contributed by atoms with E-state index in [4.69, 9.17) is 21.1 Å². The second-order valence-electron chi connectivity index (χ2n) is 9.17. The molecule has 0 saturated carbocycles. The average molecular weight is 538 g/mol. The predicted molar refractivity (Wildman–Crippen MR) is 139 cm³/mol. The van der Waals surface area contributed by atoms with Crippen LogP contribution in [0.3, 0.4) is 0 Å². The number of ketones is 1. The lowest BCUT2D eigenvalue weighted by Gasteiger charge is -2.32. The molecule has 0 atom stereocenters. The van der Waals surface area contributed by atoms with E-state index >= 15 is 0 Å². The van der Waals surface area contributed by atoms with Gasteiger partial charge in [0.15, 0.2) is 5.78 Å². The van der Waals surface area contributed by atoms with Gasteiger partial charge >= 0.3 is 17.9 Å². The number of carboxylic acid groups (broad SMARTS) is 3. The van der Waals surface area contributed by atoms with Crippen LogP contribution >= 0.6 is 0 Å². The number of benzene rings is 1. The first-order valence-corrected chi connectivity index (χ1v) is 12.3. The van der Waals surface area contributed by atoms with Crippen molar-refractivity contribution < 1.29 is 39.3 Å². The second kappa shape index (κ2) is 17.2. The molecule has 1 aromatic carbocycles. The van der Waals surface area contributed by atoms with Crippen LogP contribution in [-0.4, -0.2) is 143 Å². The number of amides is 1. The number of primary amides is 1. The first-order chi connectivity index (χ1) is 17.8. The van der Waals surface area contributed by atoms with Crippen molar-refractivity contribution in [3.05, 3.63) is 35.4 Å². The molecule has 0 spiro atoms. The van der Waals surface area contributed by atoms with Gasteiger partial charge in [-0.25, -0.2) is 0 Å². The molecule has 1 amide bonds. The number of nitrogens with zero attached hydrogens (tertiary/aromatic N) is 4. The number of carbonyl (C=O) groups is 5. The number of rotatable bonds is 9. The Kier molecular flexibility index (Phi) is 14.8. The van der Waals surface area contributed by atoms with Crippen molar-refractivity contribution in [2.45, 2.75) is 13.8 Å². The molecule has 5 N–H and O–H groups in total. The zero-order chi connectivity index (χ0) is 28.7. The highest BCUT2D eigenvalue weighted by atomic mass is 16.4. The number of carbonyl (C=O) groups excluding carboxylic acids is 2. The highest BCUT2D eigenvalue weighted by Crippen LogP contribution is 2.03. The summed E-state index contributed by atoms with van der Waals surface area (Å²) in [5.41, 5.74) is 7.24. The van der Waals surface area contributed by atoms with Gasteiger partial charge in [-0.3, -0.25) is 43.6 Å². The molecule has 38 heavy (non-hydrogen) atoms. The van der Waals surface area contributed by atoms with Gasteiger partial charge < -0.3 is 21.1 Å². The van der Waals surface area contributed by atoms with E-state index in [1.807, 2.05) is 31.2 Å². The van der Waals surface area contributed by atoms with Crippen molar-refractivity contribution in [3.63, 3.8) is 0 Å². The Bertz CT molecular complexity index is 828. The maximum Gasteiger partial charge on any atom is 0.317 e. The minimum atomic E-state index is -1.01. The van der Waals surface area contributed by atoms with Gasteiger partial charge in [-0.2, -0.15) is 0 Å². The van der Waals surface area contributed by atoms with E-state index in [-0.39, 0.29) is 32.0 Å². The zero-order valence-electron chi connectivity index (χ0n) is 22.0. The number of aliphatic carboxylic acids is 3. The molecule has 1 fully saturated rings. The molecule has 0 radical (unpaired) electrons. The molecule has 1 saturated heterocycles. The van der Waals surface area contributed by atoms with E-state index in [0.717, 1.165) is 5.56 Å². The molecule has 0 unspecified atom stereocenters. The maximum atomic E-state index is 11.3. The zero-order valence-corrected chi connectivity index (χ0v) is 22.0. The molecule has 0 aromatic heterocycles. The highest BCUT2D eigenvalue weighted by Gasteiger charge is 2.20. The van der Waals surface area contributed by atoms with Gasteiger partial charge in [0.1, 0.15) is 0 Å². The van der Waals surface area contributed by atoms with E-state index < -0.39 is 23.8 Å². The quantitative estimate of drug-likeness (QED) is 0.286. The minimum absolute atomic E-state index is 0.00698. The largest absolute Gasteiger partial charge is 0.480 e. The molecule has 2 rings (SSSR count). The summed E-state index contributed by atoms with van der Waals surface area (Å²) in [6.07, 6.45) is 0. The second-order valence-corrected chi connectivity index (χ2v) is 9.17. The summed E-state index contributed by atoms with van der Waals surface area (Å²) in [7, 11) is 0. The van der Waals surface area contributed by atoms with Crippen LogP contribution in [0.5, 0.6) is 0 Å². The van der Waals surface area contributed by atoms with Gasteiger partial charge in [0, 0.05) is 57.9 Å². The van der Waals surface area contributed by atoms with Crippen LogP contribution in [0, 0.1) is 6.92 Å². The van der Waals surface area contributed by atoms with Crippen molar-refractivity contribution in [2.24, 2.45) is 5.73 Å². The maximum absolute atomic E-state index is 11.3. The number of Topliss-reactive ketones (excluding diaryl/α,β-unsaturated/α-hetero) is 1. The van der Waals surface area contributed by atoms with Crippen LogP contribution in [0.1, 0.15) is 22.8 Å². The van der Waals surface area contributed by atoms with Crippen molar-refractivity contribution in [3.8, 4) is 0 Å². The minimum Gasteiger partial charge on any atom is -0.480 e. The molecule has 1 heterocycles. The number of nitrogens with two attached hydrogens (primary N) is 1. The molecule has 1 aliphatic heterocycles. The van der Waals surface area contributed by atoms with Crippen LogP contribution in [0.25, 0.3) is 0 Å². The monoisotopic (exact) mass is 537 g/mol. The Morgan fingerprint density at radius 2 is 0.921 bits per heavy atom. The molecular formula is C25H39N5O8. The topological polar surface area (TPSA) is 185 Å². The summed E-state index contributed by atoms with van der Waals surface area (Å²) in [6, 6.07) is 7.57. The number of hydrogen-bond donors (Lipinski definition) is 4. The number of hydrogen-bond acceptors (Lipinski definition) is 9. The van der Waals surface area contributed by atoms with Crippen LogP contribution in [0.15, 0.2) is 24.3 Å². The predicted octanol–water partition coefficient (Wildman–Crippen LogP) is -0.855. The summed E-state index contributed by atoms with van der Waals surface area (Å²) >= 11 is 0. The lowest BCUT2D eigenvalue weighted by molar-refractivity contribution is -0.140. The van der Waals surface area contributed by atoms with Crippen molar-refractivity contribution in [1.82, 2.24) is 19.6 Å². The molecule has 1 aliphatic rings. The van der Waals surface area contributed by atoms with E-state index in [1.54, 1.807) is 26.5 Å². The van der Waals surface area contributed by atoms with Crippen molar-refractivity contribution in [2.75, 3.05) is 78.5 Å². The van der Waals surface area contributed by atoms with Crippen molar-refractivity contribution in [1.29, 1.82) is 0 Å². The normalized spacial score (nSPS) is 16.8. The van der Waals surface area contributed by atoms with E-state index in [9.17, 15) is 24.0 Å². The first kappa shape index (κ1) is 32.6. The summed E-state index contributed by atoms with van der Waals surface area (Å²) in [6.45, 7) is 5.79. The fraction of sp³-hybridized carbons (Fsp3) is 0.560.